The van der Waals surface area contributed by atoms with E-state index in [4.69, 9.17) is 0 Å². The second-order valence-corrected chi connectivity index (χ2v) is 7.51. The molecule has 0 saturated carbocycles. The van der Waals surface area contributed by atoms with E-state index in [9.17, 15) is 9.59 Å². The topological polar surface area (TPSA) is 61.4 Å². The van der Waals surface area contributed by atoms with Gasteiger partial charge in [0.25, 0.3) is 0 Å². The maximum Gasteiger partial charge on any atom is 0.237 e. The molecule has 1 fully saturated rings. The van der Waals surface area contributed by atoms with Crippen molar-refractivity contribution in [3.63, 3.8) is 0 Å². The molecule has 2 amide bonds. The molecule has 0 bridgehead atoms. The van der Waals surface area contributed by atoms with E-state index in [1.807, 2.05) is 74.5 Å². The number of likely N-dealkylation sites (tertiary alicyclic amines) is 1. The Hall–Kier alpha value is -2.66. The van der Waals surface area contributed by atoms with Crippen LogP contribution in [-0.4, -0.2) is 35.8 Å². The highest BCUT2D eigenvalue weighted by atomic mass is 16.2. The van der Waals surface area contributed by atoms with Crippen LogP contribution < -0.4 is 10.6 Å². The van der Waals surface area contributed by atoms with Crippen LogP contribution >= 0.6 is 0 Å². The van der Waals surface area contributed by atoms with Gasteiger partial charge in [0.2, 0.25) is 11.8 Å². The van der Waals surface area contributed by atoms with Crippen molar-refractivity contribution in [2.45, 2.75) is 38.8 Å². The minimum absolute atomic E-state index is 0.000436. The molecule has 1 saturated heterocycles. The van der Waals surface area contributed by atoms with E-state index >= 15 is 0 Å². The Morgan fingerprint density at radius 1 is 1.00 bits per heavy atom. The Kier molecular flexibility index (Phi) is 6.82. The lowest BCUT2D eigenvalue weighted by atomic mass is 9.95. The maximum atomic E-state index is 12.7. The summed E-state index contributed by atoms with van der Waals surface area (Å²) in [6.07, 6.45) is 1.77. The number of benzene rings is 2. The van der Waals surface area contributed by atoms with Gasteiger partial charge in [-0.3, -0.25) is 14.5 Å². The van der Waals surface area contributed by atoms with Crippen LogP contribution in [0.15, 0.2) is 60.7 Å². The lowest BCUT2D eigenvalue weighted by Crippen LogP contribution is -2.51. The molecular formula is C23H29N3O2. The SMILES string of the molecule is CC(NC(=O)C(C)N1CCCC(C(=O)Nc2ccccc2)C1)c1ccccc1. The highest BCUT2D eigenvalue weighted by Gasteiger charge is 2.31. The Bertz CT molecular complexity index is 779. The van der Waals surface area contributed by atoms with Gasteiger partial charge in [-0.15, -0.1) is 0 Å². The van der Waals surface area contributed by atoms with Crippen molar-refractivity contribution in [3.05, 3.63) is 66.2 Å². The zero-order chi connectivity index (χ0) is 19.9. The van der Waals surface area contributed by atoms with Gasteiger partial charge in [-0.2, -0.15) is 0 Å². The van der Waals surface area contributed by atoms with E-state index < -0.39 is 0 Å². The van der Waals surface area contributed by atoms with Gasteiger partial charge in [0.1, 0.15) is 0 Å². The zero-order valence-electron chi connectivity index (χ0n) is 16.6. The lowest BCUT2D eigenvalue weighted by Gasteiger charge is -2.35. The zero-order valence-corrected chi connectivity index (χ0v) is 16.6. The molecule has 1 heterocycles. The van der Waals surface area contributed by atoms with Crippen LogP contribution in [0.1, 0.15) is 38.3 Å². The quantitative estimate of drug-likeness (QED) is 0.806. The third kappa shape index (κ3) is 5.20. The highest BCUT2D eigenvalue weighted by molar-refractivity contribution is 5.92. The van der Waals surface area contributed by atoms with Crippen molar-refractivity contribution < 1.29 is 9.59 Å². The predicted molar refractivity (Wildman–Crippen MR) is 112 cm³/mol. The fourth-order valence-electron chi connectivity index (χ4n) is 3.66. The molecule has 28 heavy (non-hydrogen) atoms. The van der Waals surface area contributed by atoms with Gasteiger partial charge in [-0.1, -0.05) is 48.5 Å². The Balaban J connectivity index is 1.55. The van der Waals surface area contributed by atoms with Crippen LogP contribution in [0.5, 0.6) is 0 Å². The second kappa shape index (κ2) is 9.51. The van der Waals surface area contributed by atoms with Gasteiger partial charge in [0.15, 0.2) is 0 Å². The molecule has 3 atom stereocenters. The largest absolute Gasteiger partial charge is 0.348 e. The molecular weight excluding hydrogens is 350 g/mol. The normalized spacial score (nSPS) is 19.4. The molecule has 1 aliphatic rings. The molecule has 5 nitrogen and oxygen atoms in total. The summed E-state index contributed by atoms with van der Waals surface area (Å²) in [5.41, 5.74) is 1.90. The third-order valence-electron chi connectivity index (χ3n) is 5.45. The molecule has 0 radical (unpaired) electrons. The van der Waals surface area contributed by atoms with E-state index in [-0.39, 0.29) is 29.8 Å². The summed E-state index contributed by atoms with van der Waals surface area (Å²) in [5, 5.41) is 6.08. The monoisotopic (exact) mass is 379 g/mol. The fourth-order valence-corrected chi connectivity index (χ4v) is 3.66. The smallest absolute Gasteiger partial charge is 0.237 e. The van der Waals surface area contributed by atoms with Gasteiger partial charge in [-0.25, -0.2) is 0 Å². The number of hydrogen-bond acceptors (Lipinski definition) is 3. The minimum atomic E-state index is -0.265. The molecule has 2 aromatic carbocycles. The number of carbonyl (C=O) groups is 2. The molecule has 0 aromatic heterocycles. The summed E-state index contributed by atoms with van der Waals surface area (Å²) in [6.45, 7) is 5.35. The van der Waals surface area contributed by atoms with Crippen LogP contribution in [-0.2, 0) is 9.59 Å². The first-order valence-electron chi connectivity index (χ1n) is 10.00. The van der Waals surface area contributed by atoms with Gasteiger partial charge in [0, 0.05) is 12.2 Å². The molecule has 5 heteroatoms. The summed E-state index contributed by atoms with van der Waals surface area (Å²) in [7, 11) is 0. The van der Waals surface area contributed by atoms with Crippen molar-refractivity contribution in [2.24, 2.45) is 5.92 Å². The number of amides is 2. The van der Waals surface area contributed by atoms with Crippen molar-refractivity contribution in [3.8, 4) is 0 Å². The van der Waals surface area contributed by atoms with Crippen LogP contribution in [0.4, 0.5) is 5.69 Å². The Morgan fingerprint density at radius 2 is 1.64 bits per heavy atom. The molecule has 3 rings (SSSR count). The molecule has 2 aromatic rings. The number of hydrogen-bond donors (Lipinski definition) is 2. The van der Waals surface area contributed by atoms with E-state index in [1.54, 1.807) is 0 Å². The Labute approximate surface area is 167 Å². The molecule has 2 N–H and O–H groups in total. The van der Waals surface area contributed by atoms with Gasteiger partial charge < -0.3 is 10.6 Å². The van der Waals surface area contributed by atoms with Crippen LogP contribution in [0, 0.1) is 5.92 Å². The first kappa shape index (κ1) is 20.1. The van der Waals surface area contributed by atoms with Gasteiger partial charge >= 0.3 is 0 Å². The summed E-state index contributed by atoms with van der Waals surface area (Å²) in [4.78, 5) is 27.5. The van der Waals surface area contributed by atoms with Gasteiger partial charge in [0.05, 0.1) is 18.0 Å². The molecule has 1 aliphatic heterocycles. The van der Waals surface area contributed by atoms with Crippen molar-refractivity contribution in [2.75, 3.05) is 18.4 Å². The Morgan fingerprint density at radius 3 is 2.32 bits per heavy atom. The van der Waals surface area contributed by atoms with Crippen molar-refractivity contribution in [1.29, 1.82) is 0 Å². The number of anilines is 1. The minimum Gasteiger partial charge on any atom is -0.348 e. The average Bonchev–Trinajstić information content (AvgIpc) is 2.74. The average molecular weight is 380 g/mol. The first-order valence-corrected chi connectivity index (χ1v) is 10.00. The highest BCUT2D eigenvalue weighted by Crippen LogP contribution is 2.21. The first-order chi connectivity index (χ1) is 13.5. The number of carbonyl (C=O) groups excluding carboxylic acids is 2. The number of rotatable bonds is 6. The van der Waals surface area contributed by atoms with Crippen LogP contribution in [0.2, 0.25) is 0 Å². The molecule has 3 unspecified atom stereocenters. The van der Waals surface area contributed by atoms with E-state index in [2.05, 4.69) is 15.5 Å². The summed E-state index contributed by atoms with van der Waals surface area (Å²) in [5.74, 6) is -0.0719. The number of piperidine rings is 1. The summed E-state index contributed by atoms with van der Waals surface area (Å²) < 4.78 is 0. The van der Waals surface area contributed by atoms with Crippen molar-refractivity contribution in [1.82, 2.24) is 10.2 Å². The van der Waals surface area contributed by atoms with E-state index in [1.165, 1.54) is 0 Å². The lowest BCUT2D eigenvalue weighted by molar-refractivity contribution is -0.129. The van der Waals surface area contributed by atoms with Gasteiger partial charge in [-0.05, 0) is 50.9 Å². The number of nitrogens with one attached hydrogen (secondary N) is 2. The third-order valence-corrected chi connectivity index (χ3v) is 5.45. The standard InChI is InChI=1S/C23H29N3O2/c1-17(19-10-5-3-6-11-19)24-22(27)18(2)26-15-9-12-20(16-26)23(28)25-21-13-7-4-8-14-21/h3-8,10-11,13-14,17-18,20H,9,12,15-16H2,1-2H3,(H,24,27)(H,25,28). The van der Waals surface area contributed by atoms with E-state index in [0.29, 0.717) is 6.54 Å². The maximum absolute atomic E-state index is 12.7. The fraction of sp³-hybridized carbons (Fsp3) is 0.391. The summed E-state index contributed by atoms with van der Waals surface area (Å²) in [6, 6.07) is 19.1. The second-order valence-electron chi connectivity index (χ2n) is 7.51. The van der Waals surface area contributed by atoms with Crippen LogP contribution in [0.3, 0.4) is 0 Å². The summed E-state index contributed by atoms with van der Waals surface area (Å²) >= 11 is 0. The molecule has 0 aliphatic carbocycles. The predicted octanol–water partition coefficient (Wildman–Crippen LogP) is 3.60. The molecule has 0 spiro atoms. The molecule has 148 valence electrons. The number of nitrogens with zero attached hydrogens (tertiary/aromatic N) is 1. The van der Waals surface area contributed by atoms with E-state index in [0.717, 1.165) is 30.6 Å². The number of para-hydroxylation sites is 1. The van der Waals surface area contributed by atoms with Crippen LogP contribution in [0.25, 0.3) is 0 Å². The van der Waals surface area contributed by atoms with Crippen molar-refractivity contribution >= 4 is 17.5 Å².